The van der Waals surface area contributed by atoms with Crippen LogP contribution in [0.15, 0.2) is 69.9 Å². The number of rotatable bonds is 5. The van der Waals surface area contributed by atoms with Gasteiger partial charge in [-0.05, 0) is 62.6 Å². The molecule has 0 radical (unpaired) electrons. The summed E-state index contributed by atoms with van der Waals surface area (Å²) in [6, 6.07) is 17.2. The summed E-state index contributed by atoms with van der Waals surface area (Å²) in [6.07, 6.45) is 3.58. The molecule has 2 aromatic heterocycles. The summed E-state index contributed by atoms with van der Waals surface area (Å²) in [5, 5.41) is 6.53. The van der Waals surface area contributed by atoms with E-state index in [-0.39, 0.29) is 11.2 Å². The van der Waals surface area contributed by atoms with Gasteiger partial charge < -0.3 is 20.0 Å². The van der Waals surface area contributed by atoms with Crippen molar-refractivity contribution in [2.75, 3.05) is 28.6 Å². The molecule has 8 heteroatoms. The molecular formula is C26H25N5O3. The van der Waals surface area contributed by atoms with Crippen LogP contribution in [0.2, 0.25) is 0 Å². The molecule has 1 aliphatic heterocycles. The Kier molecular flexibility index (Phi) is 5.95. The quantitative estimate of drug-likeness (QED) is 0.442. The number of hydrogen-bond acceptors (Lipinski definition) is 7. The van der Waals surface area contributed by atoms with E-state index in [1.54, 1.807) is 36.4 Å². The summed E-state index contributed by atoms with van der Waals surface area (Å²) in [6.45, 7) is 3.92. The minimum atomic E-state index is -0.485. The first kappa shape index (κ1) is 21.6. The lowest BCUT2D eigenvalue weighted by Gasteiger charge is -2.27. The lowest BCUT2D eigenvalue weighted by atomic mass is 10.1. The number of anilines is 4. The number of aryl methyl sites for hydroxylation is 1. The first-order chi connectivity index (χ1) is 16.5. The number of carbonyl (C=O) groups is 1. The predicted octanol–water partition coefficient (Wildman–Crippen LogP) is 4.88. The Labute approximate surface area is 196 Å². The fraction of sp³-hybridized carbons (Fsp3) is 0.231. The van der Waals surface area contributed by atoms with Gasteiger partial charge in [-0.2, -0.15) is 4.98 Å². The number of nitrogens with zero attached hydrogens (tertiary/aromatic N) is 3. The van der Waals surface area contributed by atoms with Gasteiger partial charge in [-0.15, -0.1) is 0 Å². The van der Waals surface area contributed by atoms with Crippen LogP contribution in [0, 0.1) is 6.92 Å². The number of benzene rings is 2. The molecule has 0 atom stereocenters. The Hall–Kier alpha value is -4.20. The zero-order chi connectivity index (χ0) is 23.5. The molecule has 0 bridgehead atoms. The van der Waals surface area contributed by atoms with E-state index in [1.165, 1.54) is 12.5 Å². The average molecular weight is 456 g/mol. The lowest BCUT2D eigenvalue weighted by molar-refractivity contribution is 0.0997. The van der Waals surface area contributed by atoms with Gasteiger partial charge in [-0.25, -0.2) is 4.98 Å². The Morgan fingerprint density at radius 1 is 0.941 bits per heavy atom. The van der Waals surface area contributed by atoms with E-state index in [0.717, 1.165) is 49.1 Å². The molecule has 8 nitrogen and oxygen atoms in total. The standard InChI is InChI=1S/C26H25N5O3/c1-17-15-24(30-26(27-17)31-13-5-2-6-14-31)28-18-9-11-19(12-10-18)29-25(33)23-16-21(32)20-7-3-4-8-22(20)34-23/h3-4,7-12,15-16H,2,5-6,13-14H2,1H3,(H,29,33)(H,27,28,30). The number of carbonyl (C=O) groups excluding carboxylic acids is 1. The minimum Gasteiger partial charge on any atom is -0.451 e. The highest BCUT2D eigenvalue weighted by atomic mass is 16.3. The third-order valence-corrected chi connectivity index (χ3v) is 5.75. The smallest absolute Gasteiger partial charge is 0.291 e. The van der Waals surface area contributed by atoms with Crippen molar-refractivity contribution >= 4 is 40.0 Å². The van der Waals surface area contributed by atoms with E-state index in [0.29, 0.717) is 16.7 Å². The number of hydrogen-bond donors (Lipinski definition) is 2. The molecule has 2 aromatic carbocycles. The molecule has 5 rings (SSSR count). The number of aromatic nitrogens is 2. The maximum absolute atomic E-state index is 12.6. The number of para-hydroxylation sites is 1. The molecule has 2 N–H and O–H groups in total. The van der Waals surface area contributed by atoms with Gasteiger partial charge in [-0.3, -0.25) is 9.59 Å². The molecule has 172 valence electrons. The first-order valence-corrected chi connectivity index (χ1v) is 11.4. The van der Waals surface area contributed by atoms with Gasteiger partial charge in [0.2, 0.25) is 5.95 Å². The topological polar surface area (TPSA) is 100 Å². The molecule has 0 saturated carbocycles. The lowest BCUT2D eigenvalue weighted by Crippen LogP contribution is -2.31. The van der Waals surface area contributed by atoms with Crippen molar-refractivity contribution < 1.29 is 9.21 Å². The Morgan fingerprint density at radius 3 is 2.47 bits per heavy atom. The second-order valence-corrected chi connectivity index (χ2v) is 8.37. The Morgan fingerprint density at radius 2 is 1.68 bits per heavy atom. The van der Waals surface area contributed by atoms with Gasteiger partial charge >= 0.3 is 0 Å². The van der Waals surface area contributed by atoms with E-state index in [4.69, 9.17) is 4.42 Å². The molecule has 0 spiro atoms. The number of fused-ring (bicyclic) bond motifs is 1. The SMILES string of the molecule is Cc1cc(Nc2ccc(NC(=O)c3cc(=O)c4ccccc4o3)cc2)nc(N2CCCCC2)n1. The zero-order valence-electron chi connectivity index (χ0n) is 18.9. The van der Waals surface area contributed by atoms with Crippen LogP contribution in [-0.4, -0.2) is 29.0 Å². The zero-order valence-corrected chi connectivity index (χ0v) is 18.9. The fourth-order valence-electron chi connectivity index (χ4n) is 4.05. The molecule has 34 heavy (non-hydrogen) atoms. The van der Waals surface area contributed by atoms with Crippen molar-refractivity contribution in [1.82, 2.24) is 9.97 Å². The molecular weight excluding hydrogens is 430 g/mol. The summed E-state index contributed by atoms with van der Waals surface area (Å²) >= 11 is 0. The normalized spacial score (nSPS) is 13.6. The monoisotopic (exact) mass is 455 g/mol. The molecule has 1 saturated heterocycles. The molecule has 4 aromatic rings. The molecule has 3 heterocycles. The molecule has 0 unspecified atom stereocenters. The van der Waals surface area contributed by atoms with Crippen molar-refractivity contribution in [1.29, 1.82) is 0 Å². The third kappa shape index (κ3) is 4.76. The van der Waals surface area contributed by atoms with Crippen LogP contribution in [0.4, 0.5) is 23.1 Å². The van der Waals surface area contributed by atoms with Crippen molar-refractivity contribution in [2.45, 2.75) is 26.2 Å². The van der Waals surface area contributed by atoms with Crippen molar-refractivity contribution in [3.63, 3.8) is 0 Å². The van der Waals surface area contributed by atoms with Crippen LogP contribution >= 0.6 is 0 Å². The summed E-state index contributed by atoms with van der Waals surface area (Å²) < 4.78 is 5.61. The van der Waals surface area contributed by atoms with Gasteiger partial charge in [0.25, 0.3) is 5.91 Å². The highest BCUT2D eigenvalue weighted by Crippen LogP contribution is 2.22. The van der Waals surface area contributed by atoms with Crippen molar-refractivity contribution in [3.05, 3.63) is 82.3 Å². The van der Waals surface area contributed by atoms with Crippen LogP contribution in [0.3, 0.4) is 0 Å². The highest BCUT2D eigenvalue weighted by molar-refractivity contribution is 6.03. The fourth-order valence-corrected chi connectivity index (χ4v) is 4.05. The predicted molar refractivity (Wildman–Crippen MR) is 133 cm³/mol. The third-order valence-electron chi connectivity index (χ3n) is 5.75. The van der Waals surface area contributed by atoms with Crippen LogP contribution in [0.25, 0.3) is 11.0 Å². The second-order valence-electron chi connectivity index (χ2n) is 8.37. The van der Waals surface area contributed by atoms with Crippen LogP contribution < -0.4 is 21.0 Å². The van der Waals surface area contributed by atoms with Crippen molar-refractivity contribution in [2.24, 2.45) is 0 Å². The number of piperidine rings is 1. The van der Waals surface area contributed by atoms with Crippen LogP contribution in [-0.2, 0) is 0 Å². The molecule has 1 fully saturated rings. The Bertz CT molecular complexity index is 1390. The van der Waals surface area contributed by atoms with Gasteiger partial charge in [0.05, 0.1) is 5.39 Å². The molecule has 1 amide bonds. The summed E-state index contributed by atoms with van der Waals surface area (Å²) in [5.41, 5.74) is 2.44. The van der Waals surface area contributed by atoms with E-state index >= 15 is 0 Å². The second kappa shape index (κ2) is 9.35. The van der Waals surface area contributed by atoms with Crippen molar-refractivity contribution in [3.8, 4) is 0 Å². The summed E-state index contributed by atoms with van der Waals surface area (Å²) in [4.78, 5) is 36.4. The molecule has 1 aliphatic rings. The minimum absolute atomic E-state index is 0.0346. The van der Waals surface area contributed by atoms with E-state index < -0.39 is 5.91 Å². The largest absolute Gasteiger partial charge is 0.451 e. The maximum Gasteiger partial charge on any atom is 0.291 e. The van der Waals surface area contributed by atoms with Crippen LogP contribution in [0.5, 0.6) is 0 Å². The molecule has 0 aliphatic carbocycles. The first-order valence-electron chi connectivity index (χ1n) is 11.4. The number of nitrogens with one attached hydrogen (secondary N) is 2. The van der Waals surface area contributed by atoms with Gasteiger partial charge in [0, 0.05) is 42.3 Å². The maximum atomic E-state index is 12.6. The van der Waals surface area contributed by atoms with Gasteiger partial charge in [0.15, 0.2) is 11.2 Å². The Balaban J connectivity index is 1.28. The van der Waals surface area contributed by atoms with E-state index in [9.17, 15) is 9.59 Å². The summed E-state index contributed by atoms with van der Waals surface area (Å²) in [5.74, 6) is 0.958. The van der Waals surface area contributed by atoms with Crippen LogP contribution in [0.1, 0.15) is 35.5 Å². The van der Waals surface area contributed by atoms with E-state index in [2.05, 4.69) is 25.5 Å². The number of amides is 1. The average Bonchev–Trinajstić information content (AvgIpc) is 2.85. The van der Waals surface area contributed by atoms with Gasteiger partial charge in [0.1, 0.15) is 11.4 Å². The van der Waals surface area contributed by atoms with Gasteiger partial charge in [-0.1, -0.05) is 12.1 Å². The summed E-state index contributed by atoms with van der Waals surface area (Å²) in [7, 11) is 0. The van der Waals surface area contributed by atoms with E-state index in [1.807, 2.05) is 25.1 Å². The highest BCUT2D eigenvalue weighted by Gasteiger charge is 2.15.